The van der Waals surface area contributed by atoms with E-state index in [1.54, 1.807) is 12.1 Å². The third kappa shape index (κ3) is 4.34. The van der Waals surface area contributed by atoms with Crippen LogP contribution in [-0.4, -0.2) is 24.5 Å². The van der Waals surface area contributed by atoms with Crippen molar-refractivity contribution in [2.45, 2.75) is 31.9 Å². The summed E-state index contributed by atoms with van der Waals surface area (Å²) in [4.78, 5) is 2.48. The van der Waals surface area contributed by atoms with Crippen molar-refractivity contribution in [2.75, 3.05) is 19.6 Å². The molecule has 1 atom stereocenters. The number of halogens is 1. The molecule has 2 aromatic rings. The van der Waals surface area contributed by atoms with Crippen LogP contribution in [-0.2, 0) is 6.61 Å². The van der Waals surface area contributed by atoms with Gasteiger partial charge in [0.2, 0.25) is 0 Å². The summed E-state index contributed by atoms with van der Waals surface area (Å²) in [6, 6.07) is 14.9. The first kappa shape index (κ1) is 16.9. The van der Waals surface area contributed by atoms with Gasteiger partial charge >= 0.3 is 0 Å². The van der Waals surface area contributed by atoms with Gasteiger partial charge in [-0.05, 0) is 61.3 Å². The van der Waals surface area contributed by atoms with Crippen LogP contribution in [0.5, 0.6) is 5.75 Å². The molecular formula is C20H25FN2O. The molecule has 0 radical (unpaired) electrons. The number of likely N-dealkylation sites (tertiary alicyclic amines) is 1. The Hall–Kier alpha value is -1.91. The van der Waals surface area contributed by atoms with E-state index in [1.807, 2.05) is 12.1 Å². The first-order chi connectivity index (χ1) is 11.8. The summed E-state index contributed by atoms with van der Waals surface area (Å²) in [5, 5.41) is 0. The molecule has 0 amide bonds. The number of hydrogen-bond donors (Lipinski definition) is 1. The van der Waals surface area contributed by atoms with E-state index in [9.17, 15) is 4.39 Å². The predicted octanol–water partition coefficient (Wildman–Crippen LogP) is 3.89. The second kappa shape index (κ2) is 8.27. The Bertz CT molecular complexity index is 621. The van der Waals surface area contributed by atoms with Gasteiger partial charge < -0.3 is 10.5 Å². The van der Waals surface area contributed by atoms with Gasteiger partial charge in [0.1, 0.15) is 18.2 Å². The molecular weight excluding hydrogens is 303 g/mol. The molecule has 1 heterocycles. The molecule has 3 rings (SSSR count). The maximum Gasteiger partial charge on any atom is 0.123 e. The predicted molar refractivity (Wildman–Crippen MR) is 94.4 cm³/mol. The quantitative estimate of drug-likeness (QED) is 0.874. The molecule has 4 heteroatoms. The van der Waals surface area contributed by atoms with Crippen LogP contribution < -0.4 is 10.5 Å². The fourth-order valence-electron chi connectivity index (χ4n) is 3.26. The Morgan fingerprint density at radius 2 is 1.62 bits per heavy atom. The molecule has 1 aliphatic heterocycles. The SMILES string of the molecule is NCC(c1ccc(OCc2ccc(F)cc2)cc1)N1CCCCC1. The van der Waals surface area contributed by atoms with Gasteiger partial charge in [0.25, 0.3) is 0 Å². The topological polar surface area (TPSA) is 38.5 Å². The highest BCUT2D eigenvalue weighted by Crippen LogP contribution is 2.25. The highest BCUT2D eigenvalue weighted by atomic mass is 19.1. The minimum absolute atomic E-state index is 0.228. The third-order valence-corrected chi connectivity index (χ3v) is 4.64. The summed E-state index contributed by atoms with van der Waals surface area (Å²) in [7, 11) is 0. The first-order valence-corrected chi connectivity index (χ1v) is 8.67. The Balaban J connectivity index is 1.60. The average Bonchev–Trinajstić information content (AvgIpc) is 2.64. The maximum absolute atomic E-state index is 12.9. The highest BCUT2D eigenvalue weighted by molar-refractivity contribution is 5.30. The van der Waals surface area contributed by atoms with Gasteiger partial charge in [0.05, 0.1) is 0 Å². The Morgan fingerprint density at radius 1 is 0.958 bits per heavy atom. The molecule has 1 unspecified atom stereocenters. The summed E-state index contributed by atoms with van der Waals surface area (Å²) in [5.41, 5.74) is 8.21. The van der Waals surface area contributed by atoms with Gasteiger partial charge in [0, 0.05) is 12.6 Å². The molecule has 128 valence electrons. The highest BCUT2D eigenvalue weighted by Gasteiger charge is 2.20. The molecule has 0 bridgehead atoms. The summed E-state index contributed by atoms with van der Waals surface area (Å²) >= 11 is 0. The number of nitrogens with two attached hydrogens (primary N) is 1. The van der Waals surface area contributed by atoms with Crippen LogP contribution >= 0.6 is 0 Å². The van der Waals surface area contributed by atoms with E-state index in [2.05, 4.69) is 17.0 Å². The summed E-state index contributed by atoms with van der Waals surface area (Å²) < 4.78 is 18.7. The van der Waals surface area contributed by atoms with Crippen molar-refractivity contribution in [3.63, 3.8) is 0 Å². The molecule has 2 N–H and O–H groups in total. The van der Waals surface area contributed by atoms with E-state index in [-0.39, 0.29) is 11.9 Å². The average molecular weight is 328 g/mol. The minimum Gasteiger partial charge on any atom is -0.489 e. The van der Waals surface area contributed by atoms with E-state index in [1.165, 1.54) is 37.0 Å². The number of benzene rings is 2. The van der Waals surface area contributed by atoms with E-state index < -0.39 is 0 Å². The van der Waals surface area contributed by atoms with Crippen LogP contribution in [0.15, 0.2) is 48.5 Å². The molecule has 1 aliphatic rings. The van der Waals surface area contributed by atoms with Crippen LogP contribution in [0, 0.1) is 5.82 Å². The maximum atomic E-state index is 12.9. The smallest absolute Gasteiger partial charge is 0.123 e. The zero-order valence-corrected chi connectivity index (χ0v) is 14.0. The molecule has 2 aromatic carbocycles. The normalized spacial score (nSPS) is 16.8. The zero-order chi connectivity index (χ0) is 16.8. The van der Waals surface area contributed by atoms with Gasteiger partial charge in [-0.2, -0.15) is 0 Å². The van der Waals surface area contributed by atoms with Gasteiger partial charge in [-0.25, -0.2) is 4.39 Å². The largest absolute Gasteiger partial charge is 0.489 e. The van der Waals surface area contributed by atoms with E-state index >= 15 is 0 Å². The van der Waals surface area contributed by atoms with E-state index in [0.717, 1.165) is 24.4 Å². The van der Waals surface area contributed by atoms with Crippen molar-refractivity contribution in [2.24, 2.45) is 5.73 Å². The molecule has 1 fully saturated rings. The Morgan fingerprint density at radius 3 is 2.25 bits per heavy atom. The van der Waals surface area contributed by atoms with Gasteiger partial charge in [0.15, 0.2) is 0 Å². The molecule has 0 spiro atoms. The minimum atomic E-state index is -0.228. The van der Waals surface area contributed by atoms with Crippen molar-refractivity contribution in [3.05, 3.63) is 65.5 Å². The summed E-state index contributed by atoms with van der Waals surface area (Å²) in [6.45, 7) is 3.33. The number of ether oxygens (including phenoxy) is 1. The van der Waals surface area contributed by atoms with E-state index in [0.29, 0.717) is 13.2 Å². The Kier molecular flexibility index (Phi) is 5.83. The Labute approximate surface area is 143 Å². The lowest BCUT2D eigenvalue weighted by Gasteiger charge is -2.34. The van der Waals surface area contributed by atoms with Crippen molar-refractivity contribution in [1.29, 1.82) is 0 Å². The zero-order valence-electron chi connectivity index (χ0n) is 14.0. The molecule has 0 aromatic heterocycles. The van der Waals surface area contributed by atoms with Gasteiger partial charge in [-0.15, -0.1) is 0 Å². The molecule has 0 saturated carbocycles. The lowest BCUT2D eigenvalue weighted by Crippen LogP contribution is -2.37. The standard InChI is InChI=1S/C20H25FN2O/c21-18-8-4-16(5-9-18)15-24-19-10-6-17(7-11-19)20(14-22)23-12-2-1-3-13-23/h4-11,20H,1-3,12-15,22H2. The number of hydrogen-bond acceptors (Lipinski definition) is 3. The van der Waals surface area contributed by atoms with Crippen LogP contribution in [0.25, 0.3) is 0 Å². The lowest BCUT2D eigenvalue weighted by molar-refractivity contribution is 0.167. The first-order valence-electron chi connectivity index (χ1n) is 8.67. The van der Waals surface area contributed by atoms with Crippen molar-refractivity contribution >= 4 is 0 Å². The van der Waals surface area contributed by atoms with Crippen LogP contribution in [0.2, 0.25) is 0 Å². The number of nitrogens with zero attached hydrogens (tertiary/aromatic N) is 1. The van der Waals surface area contributed by atoms with E-state index in [4.69, 9.17) is 10.5 Å². The van der Waals surface area contributed by atoms with Crippen LogP contribution in [0.1, 0.15) is 36.4 Å². The number of rotatable bonds is 6. The lowest BCUT2D eigenvalue weighted by atomic mass is 10.0. The molecule has 1 saturated heterocycles. The van der Waals surface area contributed by atoms with Crippen LogP contribution in [0.3, 0.4) is 0 Å². The summed E-state index contributed by atoms with van der Waals surface area (Å²) in [6.07, 6.45) is 3.84. The van der Waals surface area contributed by atoms with Gasteiger partial charge in [-0.1, -0.05) is 30.7 Å². The second-order valence-corrected chi connectivity index (χ2v) is 6.33. The fourth-order valence-corrected chi connectivity index (χ4v) is 3.26. The molecule has 3 nitrogen and oxygen atoms in total. The van der Waals surface area contributed by atoms with Gasteiger partial charge in [-0.3, -0.25) is 4.90 Å². The fraction of sp³-hybridized carbons (Fsp3) is 0.400. The van der Waals surface area contributed by atoms with Crippen LogP contribution in [0.4, 0.5) is 4.39 Å². The summed E-state index contributed by atoms with van der Waals surface area (Å²) in [5.74, 6) is 0.589. The van der Waals surface area contributed by atoms with Crippen molar-refractivity contribution < 1.29 is 9.13 Å². The third-order valence-electron chi connectivity index (χ3n) is 4.64. The monoisotopic (exact) mass is 328 g/mol. The number of piperidine rings is 1. The molecule has 24 heavy (non-hydrogen) atoms. The second-order valence-electron chi connectivity index (χ2n) is 6.33. The molecule has 0 aliphatic carbocycles. The van der Waals surface area contributed by atoms with Crippen molar-refractivity contribution in [3.8, 4) is 5.75 Å². The van der Waals surface area contributed by atoms with Crippen molar-refractivity contribution in [1.82, 2.24) is 4.90 Å².